The molecule has 6 nitrogen and oxygen atoms in total. The summed E-state index contributed by atoms with van der Waals surface area (Å²) in [7, 11) is 0. The zero-order valence-corrected chi connectivity index (χ0v) is 23.2. The minimum Gasteiger partial charge on any atom is -0.479 e. The van der Waals surface area contributed by atoms with Gasteiger partial charge in [0.25, 0.3) is 5.91 Å². The SMILES string of the molecule is Cc1c(C)n(Cc2ccc(O[C@@H](C)C(=O)O)cc2F)c2ccc(C(=O)N[C@@H](C)c3cccc(C(C)C)c3)cc12. The van der Waals surface area contributed by atoms with E-state index in [1.54, 1.807) is 18.2 Å². The number of carboxylic acids is 1. The van der Waals surface area contributed by atoms with Crippen LogP contribution in [-0.4, -0.2) is 27.7 Å². The molecule has 0 aliphatic rings. The highest BCUT2D eigenvalue weighted by Crippen LogP contribution is 2.29. The predicted molar refractivity (Wildman–Crippen MR) is 151 cm³/mol. The van der Waals surface area contributed by atoms with E-state index >= 15 is 0 Å². The van der Waals surface area contributed by atoms with Gasteiger partial charge < -0.3 is 19.7 Å². The van der Waals surface area contributed by atoms with Crippen LogP contribution in [0, 0.1) is 19.7 Å². The second-order valence-corrected chi connectivity index (χ2v) is 10.4. The molecule has 1 heterocycles. The first-order valence-electron chi connectivity index (χ1n) is 13.1. The molecular formula is C32H35FN2O4. The Morgan fingerprint density at radius 2 is 1.69 bits per heavy atom. The molecule has 3 aromatic carbocycles. The van der Waals surface area contributed by atoms with E-state index in [0.717, 1.165) is 27.7 Å². The van der Waals surface area contributed by atoms with Crippen molar-refractivity contribution in [1.29, 1.82) is 0 Å². The number of hydrogen-bond acceptors (Lipinski definition) is 3. The molecule has 1 amide bonds. The summed E-state index contributed by atoms with van der Waals surface area (Å²) >= 11 is 0. The van der Waals surface area contributed by atoms with E-state index in [9.17, 15) is 14.0 Å². The Bertz CT molecular complexity index is 1540. The van der Waals surface area contributed by atoms with Crippen molar-refractivity contribution in [2.75, 3.05) is 0 Å². The van der Waals surface area contributed by atoms with Gasteiger partial charge in [0.15, 0.2) is 6.10 Å². The average molecular weight is 531 g/mol. The number of benzene rings is 3. The highest BCUT2D eigenvalue weighted by atomic mass is 19.1. The topological polar surface area (TPSA) is 80.6 Å². The Balaban J connectivity index is 1.56. The summed E-state index contributed by atoms with van der Waals surface area (Å²) in [6.45, 7) is 11.9. The fourth-order valence-electron chi connectivity index (χ4n) is 4.70. The van der Waals surface area contributed by atoms with Crippen LogP contribution in [0.3, 0.4) is 0 Å². The van der Waals surface area contributed by atoms with E-state index in [4.69, 9.17) is 9.84 Å². The first-order chi connectivity index (χ1) is 18.5. The minimum atomic E-state index is -1.12. The lowest BCUT2D eigenvalue weighted by molar-refractivity contribution is -0.144. The molecule has 4 rings (SSSR count). The molecule has 0 aliphatic heterocycles. The van der Waals surface area contributed by atoms with Crippen LogP contribution in [0.4, 0.5) is 4.39 Å². The number of fused-ring (bicyclic) bond motifs is 1. The number of rotatable bonds is 9. The number of aliphatic carboxylic acids is 1. The van der Waals surface area contributed by atoms with Crippen molar-refractivity contribution in [1.82, 2.24) is 9.88 Å². The van der Waals surface area contributed by atoms with E-state index in [-0.39, 0.29) is 24.2 Å². The number of aromatic nitrogens is 1. The van der Waals surface area contributed by atoms with Crippen molar-refractivity contribution >= 4 is 22.8 Å². The van der Waals surface area contributed by atoms with Gasteiger partial charge in [-0.3, -0.25) is 4.79 Å². The normalized spacial score (nSPS) is 12.9. The van der Waals surface area contributed by atoms with Crippen molar-refractivity contribution in [3.8, 4) is 5.75 Å². The molecule has 39 heavy (non-hydrogen) atoms. The third kappa shape index (κ3) is 5.98. The van der Waals surface area contributed by atoms with Crippen molar-refractivity contribution in [2.45, 2.75) is 66.2 Å². The summed E-state index contributed by atoms with van der Waals surface area (Å²) in [5, 5.41) is 13.1. The van der Waals surface area contributed by atoms with Crippen LogP contribution in [0.15, 0.2) is 60.7 Å². The van der Waals surface area contributed by atoms with E-state index in [2.05, 4.69) is 31.3 Å². The standard InChI is InChI=1S/C32H35FN2O4/c1-18(2)23-8-7-9-24(14-23)20(4)34-31(36)25-11-13-30-28(15-25)19(3)21(5)35(30)17-26-10-12-27(16-29(26)33)39-22(6)32(37)38/h7-16,18,20,22H,17H2,1-6H3,(H,34,36)(H,37,38)/t20-,22-/m0/s1. The number of ether oxygens (including phenoxy) is 1. The zero-order valence-electron chi connectivity index (χ0n) is 23.2. The molecule has 0 spiro atoms. The maximum Gasteiger partial charge on any atom is 0.344 e. The average Bonchev–Trinajstić information content (AvgIpc) is 3.14. The van der Waals surface area contributed by atoms with E-state index in [1.165, 1.54) is 18.6 Å². The summed E-state index contributed by atoms with van der Waals surface area (Å²) < 4.78 is 22.2. The molecule has 0 aliphatic carbocycles. The van der Waals surface area contributed by atoms with Gasteiger partial charge in [-0.15, -0.1) is 0 Å². The number of carbonyl (C=O) groups excluding carboxylic acids is 1. The Morgan fingerprint density at radius 1 is 0.974 bits per heavy atom. The van der Waals surface area contributed by atoms with Crippen LogP contribution in [0.2, 0.25) is 0 Å². The summed E-state index contributed by atoms with van der Waals surface area (Å²) in [5.74, 6) is -1.17. The summed E-state index contributed by atoms with van der Waals surface area (Å²) in [4.78, 5) is 24.2. The molecule has 0 bridgehead atoms. The Morgan fingerprint density at radius 3 is 2.36 bits per heavy atom. The van der Waals surface area contributed by atoms with Gasteiger partial charge in [0.05, 0.1) is 12.6 Å². The lowest BCUT2D eigenvalue weighted by Gasteiger charge is -2.16. The molecule has 4 aromatic rings. The fraction of sp³-hybridized carbons (Fsp3) is 0.312. The predicted octanol–water partition coefficient (Wildman–Crippen LogP) is 6.91. The molecule has 0 saturated carbocycles. The van der Waals surface area contributed by atoms with Gasteiger partial charge >= 0.3 is 5.97 Å². The highest BCUT2D eigenvalue weighted by Gasteiger charge is 2.18. The lowest BCUT2D eigenvalue weighted by atomic mass is 9.98. The minimum absolute atomic E-state index is 0.146. The highest BCUT2D eigenvalue weighted by molar-refractivity contribution is 5.99. The van der Waals surface area contributed by atoms with Crippen LogP contribution in [0.1, 0.15) is 78.0 Å². The smallest absolute Gasteiger partial charge is 0.344 e. The van der Waals surface area contributed by atoms with E-state index in [0.29, 0.717) is 17.0 Å². The largest absolute Gasteiger partial charge is 0.479 e. The number of carboxylic acid groups (broad SMARTS) is 1. The molecule has 1 aromatic heterocycles. The summed E-state index contributed by atoms with van der Waals surface area (Å²) in [5.41, 5.74) is 6.20. The van der Waals surface area contributed by atoms with E-state index < -0.39 is 17.9 Å². The van der Waals surface area contributed by atoms with Crippen molar-refractivity contribution < 1.29 is 23.8 Å². The van der Waals surface area contributed by atoms with Gasteiger partial charge in [-0.25, -0.2) is 9.18 Å². The number of halogens is 1. The fourth-order valence-corrected chi connectivity index (χ4v) is 4.70. The molecule has 7 heteroatoms. The van der Waals surface area contributed by atoms with Gasteiger partial charge in [-0.2, -0.15) is 0 Å². The molecule has 0 saturated heterocycles. The van der Waals surface area contributed by atoms with Crippen LogP contribution >= 0.6 is 0 Å². The number of nitrogens with zero attached hydrogens (tertiary/aromatic N) is 1. The Kier molecular flexibility index (Phi) is 8.09. The number of nitrogens with one attached hydrogen (secondary N) is 1. The first kappa shape index (κ1) is 27.9. The second-order valence-electron chi connectivity index (χ2n) is 10.4. The quantitative estimate of drug-likeness (QED) is 0.246. The van der Waals surface area contributed by atoms with Gasteiger partial charge in [0, 0.05) is 33.8 Å². The molecule has 0 fully saturated rings. The number of carbonyl (C=O) groups is 2. The number of hydrogen-bond donors (Lipinski definition) is 2. The molecular weight excluding hydrogens is 495 g/mol. The number of aryl methyl sites for hydroxylation is 1. The third-order valence-electron chi connectivity index (χ3n) is 7.34. The summed E-state index contributed by atoms with van der Waals surface area (Å²) in [6, 6.07) is 18.1. The van der Waals surface area contributed by atoms with Crippen LogP contribution in [0.5, 0.6) is 5.75 Å². The van der Waals surface area contributed by atoms with Crippen molar-refractivity contribution in [3.05, 3.63) is 100.0 Å². The van der Waals surface area contributed by atoms with Gasteiger partial charge in [0.2, 0.25) is 0 Å². The third-order valence-corrected chi connectivity index (χ3v) is 7.34. The van der Waals surface area contributed by atoms with Crippen molar-refractivity contribution in [3.63, 3.8) is 0 Å². The Labute approximate surface area is 228 Å². The van der Waals surface area contributed by atoms with Crippen molar-refractivity contribution in [2.24, 2.45) is 0 Å². The molecule has 204 valence electrons. The van der Waals surface area contributed by atoms with E-state index in [1.807, 2.05) is 49.6 Å². The molecule has 0 radical (unpaired) electrons. The molecule has 2 N–H and O–H groups in total. The Hall–Kier alpha value is -4.13. The van der Waals surface area contributed by atoms with Crippen LogP contribution in [-0.2, 0) is 11.3 Å². The maximum absolute atomic E-state index is 14.9. The summed E-state index contributed by atoms with van der Waals surface area (Å²) in [6.07, 6.45) is -1.08. The molecule has 0 unspecified atom stereocenters. The van der Waals surface area contributed by atoms with Crippen LogP contribution < -0.4 is 10.1 Å². The maximum atomic E-state index is 14.9. The first-order valence-corrected chi connectivity index (χ1v) is 13.1. The lowest BCUT2D eigenvalue weighted by Crippen LogP contribution is -2.26. The zero-order chi connectivity index (χ0) is 28.4. The second kappa shape index (κ2) is 11.3. The van der Waals surface area contributed by atoms with Gasteiger partial charge in [-0.1, -0.05) is 44.2 Å². The van der Waals surface area contributed by atoms with Gasteiger partial charge in [0.1, 0.15) is 11.6 Å². The van der Waals surface area contributed by atoms with Gasteiger partial charge in [-0.05, 0) is 74.6 Å². The number of amides is 1. The molecule has 2 atom stereocenters. The monoisotopic (exact) mass is 530 g/mol. The van der Waals surface area contributed by atoms with Crippen LogP contribution in [0.25, 0.3) is 10.9 Å².